The van der Waals surface area contributed by atoms with Gasteiger partial charge in [-0.05, 0) is 42.7 Å². The lowest BCUT2D eigenvalue weighted by molar-refractivity contribution is -0.126. The summed E-state index contributed by atoms with van der Waals surface area (Å²) in [6.07, 6.45) is 2.44. The molecule has 0 fully saturated rings. The van der Waals surface area contributed by atoms with Crippen LogP contribution in [0.4, 0.5) is 5.82 Å². The number of aromatic nitrogens is 1. The highest BCUT2D eigenvalue weighted by Crippen LogP contribution is 2.30. The number of benzene rings is 1. The van der Waals surface area contributed by atoms with E-state index in [1.165, 1.54) is 0 Å². The van der Waals surface area contributed by atoms with Gasteiger partial charge in [-0.15, -0.1) is 0 Å². The first kappa shape index (κ1) is 17.1. The molecule has 0 aliphatic carbocycles. The highest BCUT2D eigenvalue weighted by atomic mass is 16.5. The van der Waals surface area contributed by atoms with Crippen LogP contribution in [0.1, 0.15) is 11.1 Å². The summed E-state index contributed by atoms with van der Waals surface area (Å²) in [5.41, 5.74) is 2.19. The van der Waals surface area contributed by atoms with E-state index in [1.807, 2.05) is 37.3 Å². The van der Waals surface area contributed by atoms with Crippen molar-refractivity contribution in [3.05, 3.63) is 47.7 Å². The van der Waals surface area contributed by atoms with Crippen molar-refractivity contribution in [2.75, 3.05) is 32.1 Å². The van der Waals surface area contributed by atoms with Gasteiger partial charge in [0.2, 0.25) is 5.91 Å². The average Bonchev–Trinajstić information content (AvgIpc) is 2.64. The minimum absolute atomic E-state index is 0.0143. The number of hydrogen-bond acceptors (Lipinski definition) is 5. The Morgan fingerprint density at radius 1 is 1.32 bits per heavy atom. The second kappa shape index (κ2) is 7.88. The lowest BCUT2D eigenvalue weighted by Crippen LogP contribution is -2.39. The summed E-state index contributed by atoms with van der Waals surface area (Å²) in [6, 6.07) is 9.63. The van der Waals surface area contributed by atoms with Crippen molar-refractivity contribution in [1.82, 2.24) is 10.3 Å². The van der Waals surface area contributed by atoms with E-state index in [0.29, 0.717) is 26.1 Å². The number of ether oxygens (including phenoxy) is 2. The molecule has 0 spiro atoms. The minimum Gasteiger partial charge on any atom is -0.497 e. The third-order valence-electron chi connectivity index (χ3n) is 4.20. The average molecular weight is 341 g/mol. The fourth-order valence-electron chi connectivity index (χ4n) is 2.80. The van der Waals surface area contributed by atoms with Gasteiger partial charge in [-0.1, -0.05) is 6.07 Å². The highest BCUT2D eigenvalue weighted by molar-refractivity contribution is 5.79. The Morgan fingerprint density at radius 2 is 2.20 bits per heavy atom. The van der Waals surface area contributed by atoms with Gasteiger partial charge in [-0.3, -0.25) is 4.79 Å². The van der Waals surface area contributed by atoms with Gasteiger partial charge >= 0.3 is 0 Å². The number of hydrogen-bond donors (Lipinski definition) is 2. The smallest absolute Gasteiger partial charge is 0.226 e. The van der Waals surface area contributed by atoms with Crippen molar-refractivity contribution >= 4 is 11.7 Å². The second-order valence-electron chi connectivity index (χ2n) is 6.12. The number of nitrogens with one attached hydrogen (secondary N) is 2. The van der Waals surface area contributed by atoms with E-state index in [-0.39, 0.29) is 11.8 Å². The van der Waals surface area contributed by atoms with Gasteiger partial charge in [0.1, 0.15) is 23.9 Å². The fraction of sp³-hybridized carbons (Fsp3) is 0.368. The van der Waals surface area contributed by atoms with Crippen LogP contribution < -0.4 is 20.1 Å². The predicted molar refractivity (Wildman–Crippen MR) is 96.2 cm³/mol. The number of aryl methyl sites for hydroxylation is 1. The molecule has 1 aromatic heterocycles. The van der Waals surface area contributed by atoms with E-state index in [0.717, 1.165) is 28.4 Å². The highest BCUT2D eigenvalue weighted by Gasteiger charge is 2.26. The van der Waals surface area contributed by atoms with Gasteiger partial charge in [0.15, 0.2) is 0 Å². The molecule has 132 valence electrons. The molecule has 6 heteroatoms. The van der Waals surface area contributed by atoms with Gasteiger partial charge in [0, 0.05) is 25.4 Å². The molecular formula is C19H23N3O3. The van der Waals surface area contributed by atoms with Crippen molar-refractivity contribution in [1.29, 1.82) is 0 Å². The summed E-state index contributed by atoms with van der Waals surface area (Å²) in [6.45, 7) is 3.58. The summed E-state index contributed by atoms with van der Waals surface area (Å²) >= 11 is 0. The quantitative estimate of drug-likeness (QED) is 0.788. The largest absolute Gasteiger partial charge is 0.497 e. The van der Waals surface area contributed by atoms with Crippen LogP contribution in [-0.4, -0.2) is 37.7 Å². The maximum atomic E-state index is 12.3. The topological polar surface area (TPSA) is 72.5 Å². The molecule has 0 saturated carbocycles. The first-order valence-electron chi connectivity index (χ1n) is 8.39. The normalized spacial score (nSPS) is 15.7. The molecule has 1 atom stereocenters. The lowest BCUT2D eigenvalue weighted by Gasteiger charge is -2.25. The third-order valence-corrected chi connectivity index (χ3v) is 4.20. The molecule has 2 aromatic rings. The van der Waals surface area contributed by atoms with Crippen LogP contribution in [0.3, 0.4) is 0 Å². The van der Waals surface area contributed by atoms with Crippen LogP contribution >= 0.6 is 0 Å². The zero-order valence-corrected chi connectivity index (χ0v) is 14.5. The van der Waals surface area contributed by atoms with Gasteiger partial charge < -0.3 is 20.1 Å². The maximum Gasteiger partial charge on any atom is 0.226 e. The van der Waals surface area contributed by atoms with Gasteiger partial charge in [-0.2, -0.15) is 0 Å². The number of carbonyl (C=O) groups excluding carboxylic acids is 1. The summed E-state index contributed by atoms with van der Waals surface area (Å²) in [4.78, 5) is 16.6. The molecule has 2 heterocycles. The third kappa shape index (κ3) is 4.41. The molecular weight excluding hydrogens is 318 g/mol. The molecule has 2 N–H and O–H groups in total. The van der Waals surface area contributed by atoms with E-state index in [4.69, 9.17) is 9.47 Å². The molecule has 1 aromatic carbocycles. The number of rotatable bonds is 6. The summed E-state index contributed by atoms with van der Waals surface area (Å²) in [5.74, 6) is 2.23. The number of fused-ring (bicyclic) bond motifs is 1. The van der Waals surface area contributed by atoms with Gasteiger partial charge in [-0.25, -0.2) is 4.98 Å². The summed E-state index contributed by atoms with van der Waals surface area (Å²) in [7, 11) is 1.63. The number of amides is 1. The minimum atomic E-state index is -0.169. The number of carbonyl (C=O) groups is 1. The Balaban J connectivity index is 1.46. The molecule has 1 aliphatic rings. The number of methoxy groups -OCH3 is 1. The lowest BCUT2D eigenvalue weighted by atomic mass is 9.96. The molecule has 0 saturated heterocycles. The van der Waals surface area contributed by atoms with Crippen molar-refractivity contribution < 1.29 is 14.3 Å². The van der Waals surface area contributed by atoms with E-state index < -0.39 is 0 Å². The van der Waals surface area contributed by atoms with E-state index >= 15 is 0 Å². The molecule has 1 aliphatic heterocycles. The van der Waals surface area contributed by atoms with E-state index in [1.54, 1.807) is 13.3 Å². The first-order chi connectivity index (χ1) is 12.2. The Hall–Kier alpha value is -2.76. The van der Waals surface area contributed by atoms with Gasteiger partial charge in [0.25, 0.3) is 0 Å². The number of nitrogens with zero attached hydrogens (tertiary/aromatic N) is 1. The van der Waals surface area contributed by atoms with Crippen LogP contribution in [-0.2, 0) is 11.2 Å². The van der Waals surface area contributed by atoms with Crippen LogP contribution in [0, 0.1) is 12.8 Å². The van der Waals surface area contributed by atoms with Crippen LogP contribution in [0.15, 0.2) is 36.5 Å². The Kier molecular flexibility index (Phi) is 5.38. The maximum absolute atomic E-state index is 12.3. The van der Waals surface area contributed by atoms with Crippen molar-refractivity contribution in [3.8, 4) is 11.5 Å². The Labute approximate surface area is 147 Å². The van der Waals surface area contributed by atoms with E-state index in [2.05, 4.69) is 15.6 Å². The van der Waals surface area contributed by atoms with Crippen LogP contribution in [0.25, 0.3) is 0 Å². The van der Waals surface area contributed by atoms with Crippen LogP contribution in [0.2, 0.25) is 0 Å². The summed E-state index contributed by atoms with van der Waals surface area (Å²) in [5, 5.41) is 6.16. The Morgan fingerprint density at radius 3 is 3.00 bits per heavy atom. The van der Waals surface area contributed by atoms with Crippen molar-refractivity contribution in [2.45, 2.75) is 13.3 Å². The molecule has 0 bridgehead atoms. The van der Waals surface area contributed by atoms with Crippen molar-refractivity contribution in [2.24, 2.45) is 5.92 Å². The zero-order chi connectivity index (χ0) is 17.6. The van der Waals surface area contributed by atoms with E-state index in [9.17, 15) is 4.79 Å². The zero-order valence-electron chi connectivity index (χ0n) is 14.5. The summed E-state index contributed by atoms with van der Waals surface area (Å²) < 4.78 is 10.9. The monoisotopic (exact) mass is 341 g/mol. The SMILES string of the molecule is COc1ccc2c(c1)OC[C@@H](C(=O)NCCNc1cc(C)ccn1)C2. The van der Waals surface area contributed by atoms with Crippen molar-refractivity contribution in [3.63, 3.8) is 0 Å². The molecule has 0 radical (unpaired) electrons. The number of anilines is 1. The molecule has 1 amide bonds. The molecule has 3 rings (SSSR count). The second-order valence-corrected chi connectivity index (χ2v) is 6.12. The van der Waals surface area contributed by atoms with Crippen LogP contribution in [0.5, 0.6) is 11.5 Å². The molecule has 6 nitrogen and oxygen atoms in total. The number of pyridine rings is 1. The predicted octanol–water partition coefficient (Wildman–Crippen LogP) is 2.18. The van der Waals surface area contributed by atoms with Gasteiger partial charge in [0.05, 0.1) is 13.0 Å². The molecule has 25 heavy (non-hydrogen) atoms. The molecule has 0 unspecified atom stereocenters. The first-order valence-corrected chi connectivity index (χ1v) is 8.39. The standard InChI is InChI=1S/C19H23N3O3/c1-13-5-6-20-18(9-13)21-7-8-22-19(23)15-10-14-3-4-16(24-2)11-17(14)25-12-15/h3-6,9,11,15H,7-8,10,12H2,1-2H3,(H,20,21)(H,22,23)/t15-/m0/s1. The Bertz CT molecular complexity index is 748. The fourth-order valence-corrected chi connectivity index (χ4v) is 2.80.